The van der Waals surface area contributed by atoms with Crippen molar-refractivity contribution in [2.45, 2.75) is 26.7 Å². The highest BCUT2D eigenvalue weighted by Crippen LogP contribution is 2.43. The van der Waals surface area contributed by atoms with Crippen molar-refractivity contribution in [1.82, 2.24) is 0 Å². The van der Waals surface area contributed by atoms with Crippen LogP contribution in [0, 0.1) is 5.41 Å². The van der Waals surface area contributed by atoms with E-state index in [9.17, 15) is 9.59 Å². The van der Waals surface area contributed by atoms with Crippen LogP contribution in [0.25, 0.3) is 0 Å². The van der Waals surface area contributed by atoms with Gasteiger partial charge in [-0.15, -0.1) is 11.6 Å². The molecule has 0 spiro atoms. The topological polar surface area (TPSA) is 46.2 Å². The summed E-state index contributed by atoms with van der Waals surface area (Å²) in [6, 6.07) is 5.32. The Balaban J connectivity index is 2.51. The molecule has 0 aliphatic carbocycles. The number of rotatable bonds is 2. The molecule has 0 aromatic heterocycles. The van der Waals surface area contributed by atoms with Crippen molar-refractivity contribution in [2.24, 2.45) is 5.41 Å². The van der Waals surface area contributed by atoms with E-state index in [0.29, 0.717) is 5.56 Å². The molecule has 0 fully saturated rings. The van der Waals surface area contributed by atoms with Crippen LogP contribution >= 0.6 is 11.6 Å². The van der Waals surface area contributed by atoms with Gasteiger partial charge in [-0.2, -0.15) is 0 Å². The SMILES string of the molecule is CC1c2cc(C(=O)CCl)ccc2NC(=O)C1(C)C. The molecule has 3 nitrogen and oxygen atoms in total. The minimum Gasteiger partial charge on any atom is -0.325 e. The first-order chi connectivity index (χ1) is 8.37. The molecule has 1 aliphatic rings. The van der Waals surface area contributed by atoms with Crippen molar-refractivity contribution in [1.29, 1.82) is 0 Å². The fraction of sp³-hybridized carbons (Fsp3) is 0.429. The van der Waals surface area contributed by atoms with Crippen LogP contribution in [0.2, 0.25) is 0 Å². The molecule has 0 saturated carbocycles. The Kier molecular flexibility index (Phi) is 3.20. The number of carbonyl (C=O) groups excluding carboxylic acids is 2. The number of halogens is 1. The lowest BCUT2D eigenvalue weighted by atomic mass is 9.72. The zero-order valence-electron chi connectivity index (χ0n) is 10.7. The maximum Gasteiger partial charge on any atom is 0.230 e. The fourth-order valence-electron chi connectivity index (χ4n) is 2.15. The van der Waals surface area contributed by atoms with E-state index in [-0.39, 0.29) is 23.5 Å². The first-order valence-corrected chi connectivity index (χ1v) is 6.46. The van der Waals surface area contributed by atoms with Gasteiger partial charge < -0.3 is 5.32 Å². The zero-order valence-corrected chi connectivity index (χ0v) is 11.5. The van der Waals surface area contributed by atoms with Crippen molar-refractivity contribution in [2.75, 3.05) is 11.2 Å². The number of benzene rings is 1. The van der Waals surface area contributed by atoms with Crippen LogP contribution in [0.4, 0.5) is 5.69 Å². The number of amides is 1. The van der Waals surface area contributed by atoms with Gasteiger partial charge in [0.15, 0.2) is 5.78 Å². The normalized spacial score (nSPS) is 21.1. The second kappa shape index (κ2) is 4.39. The summed E-state index contributed by atoms with van der Waals surface area (Å²) in [7, 11) is 0. The number of hydrogen-bond donors (Lipinski definition) is 1. The second-order valence-corrected chi connectivity index (χ2v) is 5.52. The fourth-order valence-corrected chi connectivity index (χ4v) is 2.31. The number of carbonyl (C=O) groups is 2. The molecule has 1 aromatic carbocycles. The predicted molar refractivity (Wildman–Crippen MR) is 72.3 cm³/mol. The maximum absolute atomic E-state index is 12.0. The Hall–Kier alpha value is -1.35. The number of ketones is 1. The second-order valence-electron chi connectivity index (χ2n) is 5.26. The average molecular weight is 266 g/mol. The third kappa shape index (κ3) is 1.93. The number of nitrogens with one attached hydrogen (secondary N) is 1. The average Bonchev–Trinajstić information content (AvgIpc) is 2.35. The third-order valence-corrected chi connectivity index (χ3v) is 4.12. The molecule has 96 valence electrons. The van der Waals surface area contributed by atoms with Crippen molar-refractivity contribution < 1.29 is 9.59 Å². The molecule has 1 aromatic rings. The summed E-state index contributed by atoms with van der Waals surface area (Å²) in [5.74, 6) is -0.0484. The highest BCUT2D eigenvalue weighted by molar-refractivity contribution is 6.30. The van der Waals surface area contributed by atoms with E-state index in [1.54, 1.807) is 12.1 Å². The standard InChI is InChI=1S/C14H16ClNO2/c1-8-10-6-9(12(17)7-15)4-5-11(10)16-13(18)14(8,2)3/h4-6,8H,7H2,1-3H3,(H,16,18). The number of hydrogen-bond acceptors (Lipinski definition) is 2. The quantitative estimate of drug-likeness (QED) is 0.659. The Labute approximate surface area is 112 Å². The van der Waals surface area contributed by atoms with Gasteiger partial charge in [-0.25, -0.2) is 0 Å². The monoisotopic (exact) mass is 265 g/mol. The van der Waals surface area contributed by atoms with Gasteiger partial charge in [0.1, 0.15) is 0 Å². The highest BCUT2D eigenvalue weighted by Gasteiger charge is 2.40. The van der Waals surface area contributed by atoms with Crippen LogP contribution < -0.4 is 5.32 Å². The maximum atomic E-state index is 12.0. The van der Waals surface area contributed by atoms with E-state index in [1.165, 1.54) is 0 Å². The van der Waals surface area contributed by atoms with Gasteiger partial charge in [-0.05, 0) is 29.7 Å². The molecule has 18 heavy (non-hydrogen) atoms. The minimum absolute atomic E-state index is 0.0129. The molecule has 1 N–H and O–H groups in total. The number of anilines is 1. The molecular formula is C14H16ClNO2. The lowest BCUT2D eigenvalue weighted by molar-refractivity contribution is -0.125. The first kappa shape index (κ1) is 13.1. The molecule has 0 bridgehead atoms. The third-order valence-electron chi connectivity index (χ3n) is 3.88. The Morgan fingerprint density at radius 2 is 2.11 bits per heavy atom. The summed E-state index contributed by atoms with van der Waals surface area (Å²) in [5.41, 5.74) is 1.91. The van der Waals surface area contributed by atoms with E-state index in [2.05, 4.69) is 5.32 Å². The smallest absolute Gasteiger partial charge is 0.230 e. The van der Waals surface area contributed by atoms with E-state index in [0.717, 1.165) is 11.3 Å². The molecule has 1 atom stereocenters. The van der Waals surface area contributed by atoms with Gasteiger partial charge in [0.05, 0.1) is 11.3 Å². The van der Waals surface area contributed by atoms with Crippen LogP contribution in [-0.2, 0) is 4.79 Å². The molecular weight excluding hydrogens is 250 g/mol. The van der Waals surface area contributed by atoms with Crippen LogP contribution in [-0.4, -0.2) is 17.6 Å². The number of fused-ring (bicyclic) bond motifs is 1. The Morgan fingerprint density at radius 1 is 1.44 bits per heavy atom. The molecule has 1 unspecified atom stereocenters. The highest BCUT2D eigenvalue weighted by atomic mass is 35.5. The van der Waals surface area contributed by atoms with Crippen molar-refractivity contribution in [3.63, 3.8) is 0 Å². The summed E-state index contributed by atoms with van der Waals surface area (Å²) in [6.07, 6.45) is 0. The molecule has 1 aliphatic heterocycles. The van der Waals surface area contributed by atoms with Gasteiger partial charge >= 0.3 is 0 Å². The van der Waals surface area contributed by atoms with E-state index in [4.69, 9.17) is 11.6 Å². The van der Waals surface area contributed by atoms with Gasteiger partial charge in [-0.3, -0.25) is 9.59 Å². The van der Waals surface area contributed by atoms with E-state index >= 15 is 0 Å². The summed E-state index contributed by atoms with van der Waals surface area (Å²) >= 11 is 5.57. The summed E-state index contributed by atoms with van der Waals surface area (Å²) in [5, 5.41) is 2.88. The predicted octanol–water partition coefficient (Wildman–Crippen LogP) is 3.19. The molecule has 0 radical (unpaired) electrons. The molecule has 0 saturated heterocycles. The van der Waals surface area contributed by atoms with Crippen molar-refractivity contribution in [3.05, 3.63) is 29.3 Å². The van der Waals surface area contributed by atoms with Gasteiger partial charge in [0, 0.05) is 11.3 Å². The van der Waals surface area contributed by atoms with E-state index in [1.807, 2.05) is 26.8 Å². The molecule has 1 heterocycles. The van der Waals surface area contributed by atoms with Crippen molar-refractivity contribution >= 4 is 29.0 Å². The number of Topliss-reactive ketones (excluding diaryl/α,β-unsaturated/α-hetero) is 1. The molecule has 2 rings (SSSR count). The zero-order chi connectivity index (χ0) is 13.5. The van der Waals surface area contributed by atoms with Gasteiger partial charge in [0.25, 0.3) is 0 Å². The molecule has 1 amide bonds. The first-order valence-electron chi connectivity index (χ1n) is 5.92. The number of alkyl halides is 1. The Morgan fingerprint density at radius 3 is 2.72 bits per heavy atom. The van der Waals surface area contributed by atoms with Gasteiger partial charge in [-0.1, -0.05) is 20.8 Å². The van der Waals surface area contributed by atoms with Crippen LogP contribution in [0.3, 0.4) is 0 Å². The largest absolute Gasteiger partial charge is 0.325 e. The van der Waals surface area contributed by atoms with Crippen LogP contribution in [0.1, 0.15) is 42.6 Å². The summed E-state index contributed by atoms with van der Waals surface area (Å²) < 4.78 is 0. The molecule has 4 heteroatoms. The van der Waals surface area contributed by atoms with Gasteiger partial charge in [0.2, 0.25) is 5.91 Å². The summed E-state index contributed by atoms with van der Waals surface area (Å²) in [4.78, 5) is 23.6. The Bertz CT molecular complexity index is 523. The van der Waals surface area contributed by atoms with Crippen LogP contribution in [0.15, 0.2) is 18.2 Å². The lowest BCUT2D eigenvalue weighted by Crippen LogP contribution is -2.39. The van der Waals surface area contributed by atoms with Crippen molar-refractivity contribution in [3.8, 4) is 0 Å². The van der Waals surface area contributed by atoms with Crippen LogP contribution in [0.5, 0.6) is 0 Å². The minimum atomic E-state index is -0.477. The summed E-state index contributed by atoms with van der Waals surface area (Å²) in [6.45, 7) is 5.82. The lowest BCUT2D eigenvalue weighted by Gasteiger charge is -2.37. The van der Waals surface area contributed by atoms with E-state index < -0.39 is 5.41 Å².